The lowest BCUT2D eigenvalue weighted by molar-refractivity contribution is -0.134. The summed E-state index contributed by atoms with van der Waals surface area (Å²) in [5.74, 6) is 0.798. The molecular weight excluding hydrogens is 358 g/mol. The zero-order chi connectivity index (χ0) is 19.5. The van der Waals surface area contributed by atoms with Crippen LogP contribution in [0.2, 0.25) is 0 Å². The van der Waals surface area contributed by atoms with Crippen LogP contribution in [-0.2, 0) is 4.79 Å². The van der Waals surface area contributed by atoms with Gasteiger partial charge < -0.3 is 19.6 Å². The van der Waals surface area contributed by atoms with E-state index in [1.807, 2.05) is 54.6 Å². The minimum atomic E-state index is -0.982. The fraction of sp³-hybridized carbons (Fsp3) is 0.0952. The van der Waals surface area contributed by atoms with Crippen LogP contribution in [-0.4, -0.2) is 34.7 Å². The Morgan fingerprint density at radius 3 is 2.50 bits per heavy atom. The summed E-state index contributed by atoms with van der Waals surface area (Å²) in [6.07, 6.45) is 1.35. The van der Waals surface area contributed by atoms with Crippen LogP contribution in [0.4, 0.5) is 5.82 Å². The highest BCUT2D eigenvalue weighted by molar-refractivity contribution is 6.06. The third-order valence-corrected chi connectivity index (χ3v) is 4.31. The summed E-state index contributed by atoms with van der Waals surface area (Å²) >= 11 is 0. The van der Waals surface area contributed by atoms with Gasteiger partial charge in [-0.3, -0.25) is 4.79 Å². The van der Waals surface area contributed by atoms with E-state index in [4.69, 9.17) is 14.3 Å². The third kappa shape index (κ3) is 3.25. The van der Waals surface area contributed by atoms with Gasteiger partial charge in [0, 0.05) is 11.1 Å². The van der Waals surface area contributed by atoms with Gasteiger partial charge in [0.2, 0.25) is 5.71 Å². The Kier molecular flexibility index (Phi) is 4.63. The van der Waals surface area contributed by atoms with E-state index in [0.29, 0.717) is 22.7 Å². The van der Waals surface area contributed by atoms with Crippen molar-refractivity contribution in [3.63, 3.8) is 0 Å². The summed E-state index contributed by atoms with van der Waals surface area (Å²) < 4.78 is 11.3. The Bertz CT molecular complexity index is 1120. The number of carboxylic acids is 1. The normalized spacial score (nSPS) is 10.8. The van der Waals surface area contributed by atoms with E-state index in [2.05, 4.69) is 15.3 Å². The molecule has 0 aliphatic heterocycles. The number of hydrogen-bond donors (Lipinski definition) is 2. The van der Waals surface area contributed by atoms with Gasteiger partial charge in [-0.25, -0.2) is 9.97 Å². The number of furan rings is 1. The van der Waals surface area contributed by atoms with Crippen molar-refractivity contribution >= 4 is 22.9 Å². The molecule has 2 N–H and O–H groups in total. The first-order valence-corrected chi connectivity index (χ1v) is 8.60. The number of methoxy groups -OCH3 is 1. The number of benzene rings is 2. The molecule has 7 heteroatoms. The fourth-order valence-corrected chi connectivity index (χ4v) is 3.05. The Morgan fingerprint density at radius 2 is 1.82 bits per heavy atom. The van der Waals surface area contributed by atoms with E-state index in [-0.39, 0.29) is 6.54 Å². The van der Waals surface area contributed by atoms with Gasteiger partial charge >= 0.3 is 5.97 Å². The van der Waals surface area contributed by atoms with Crippen molar-refractivity contribution in [1.82, 2.24) is 9.97 Å². The maximum atomic E-state index is 11.0. The number of nitrogens with zero attached hydrogens (tertiary/aromatic N) is 2. The molecule has 0 spiro atoms. The van der Waals surface area contributed by atoms with Crippen LogP contribution in [0.15, 0.2) is 65.3 Å². The summed E-state index contributed by atoms with van der Waals surface area (Å²) in [4.78, 5) is 19.5. The van der Waals surface area contributed by atoms with Crippen molar-refractivity contribution in [2.75, 3.05) is 19.0 Å². The molecule has 0 saturated heterocycles. The largest absolute Gasteiger partial charge is 0.497 e. The lowest BCUT2D eigenvalue weighted by Crippen LogP contribution is -2.13. The molecule has 0 saturated carbocycles. The van der Waals surface area contributed by atoms with E-state index in [9.17, 15) is 4.79 Å². The molecule has 0 unspecified atom stereocenters. The van der Waals surface area contributed by atoms with Gasteiger partial charge in [-0.15, -0.1) is 0 Å². The highest BCUT2D eigenvalue weighted by Gasteiger charge is 2.22. The predicted molar refractivity (Wildman–Crippen MR) is 105 cm³/mol. The minimum absolute atomic E-state index is 0.264. The maximum absolute atomic E-state index is 11.0. The molecule has 0 aliphatic carbocycles. The number of ether oxygens (including phenoxy) is 1. The van der Waals surface area contributed by atoms with E-state index in [0.717, 1.165) is 22.4 Å². The number of fused-ring (bicyclic) bond motifs is 1. The van der Waals surface area contributed by atoms with Crippen LogP contribution in [0.25, 0.3) is 33.6 Å². The molecule has 140 valence electrons. The molecule has 4 rings (SSSR count). The smallest absolute Gasteiger partial charge is 0.322 e. The first kappa shape index (κ1) is 17.5. The van der Waals surface area contributed by atoms with Crippen molar-refractivity contribution < 1.29 is 19.1 Å². The molecular formula is C21H17N3O4. The van der Waals surface area contributed by atoms with Gasteiger partial charge in [0.15, 0.2) is 0 Å². The lowest BCUT2D eigenvalue weighted by Gasteiger charge is -2.08. The summed E-state index contributed by atoms with van der Waals surface area (Å²) in [5.41, 5.74) is 2.94. The van der Waals surface area contributed by atoms with Gasteiger partial charge in [0.25, 0.3) is 0 Å². The number of hydrogen-bond acceptors (Lipinski definition) is 6. The van der Waals surface area contributed by atoms with Crippen molar-refractivity contribution in [1.29, 1.82) is 0 Å². The average molecular weight is 375 g/mol. The zero-order valence-electron chi connectivity index (χ0n) is 15.0. The molecule has 0 aliphatic rings. The number of rotatable bonds is 6. The van der Waals surface area contributed by atoms with Crippen molar-refractivity contribution in [2.45, 2.75) is 0 Å². The summed E-state index contributed by atoms with van der Waals surface area (Å²) in [7, 11) is 1.61. The molecule has 2 aromatic carbocycles. The number of carboxylic acid groups (broad SMARTS) is 1. The number of anilines is 1. The summed E-state index contributed by atoms with van der Waals surface area (Å²) in [6.45, 7) is -0.264. The van der Waals surface area contributed by atoms with Crippen molar-refractivity contribution in [2.24, 2.45) is 0 Å². The van der Waals surface area contributed by atoms with Crippen molar-refractivity contribution in [3.05, 3.63) is 60.9 Å². The fourth-order valence-electron chi connectivity index (χ4n) is 3.05. The molecule has 2 aromatic heterocycles. The number of nitrogens with one attached hydrogen (secondary N) is 1. The molecule has 2 heterocycles. The Labute approximate surface area is 160 Å². The average Bonchev–Trinajstić information content (AvgIpc) is 3.13. The second-order valence-corrected chi connectivity index (χ2v) is 6.05. The van der Waals surface area contributed by atoms with Crippen LogP contribution in [0.3, 0.4) is 0 Å². The zero-order valence-corrected chi connectivity index (χ0v) is 15.0. The SMILES string of the molecule is COc1ccc(-c2c(-c3ccccc3)oc3ncnc(NCC(=O)O)c23)cc1. The Balaban J connectivity index is 1.97. The molecule has 4 aromatic rings. The van der Waals surface area contributed by atoms with Crippen molar-refractivity contribution in [3.8, 4) is 28.2 Å². The third-order valence-electron chi connectivity index (χ3n) is 4.31. The molecule has 0 radical (unpaired) electrons. The topological polar surface area (TPSA) is 97.5 Å². The van der Waals surface area contributed by atoms with Gasteiger partial charge in [0.1, 0.15) is 30.2 Å². The summed E-state index contributed by atoms with van der Waals surface area (Å²) in [5, 5.41) is 12.5. The highest BCUT2D eigenvalue weighted by Crippen LogP contribution is 2.42. The molecule has 28 heavy (non-hydrogen) atoms. The molecule has 0 fully saturated rings. The van der Waals surface area contributed by atoms with Crippen LogP contribution in [0.5, 0.6) is 5.75 Å². The quantitative estimate of drug-likeness (QED) is 0.524. The van der Waals surface area contributed by atoms with Crippen LogP contribution in [0.1, 0.15) is 0 Å². The number of carbonyl (C=O) groups is 1. The predicted octanol–water partition coefficient (Wildman–Crippen LogP) is 4.06. The minimum Gasteiger partial charge on any atom is -0.497 e. The van der Waals surface area contributed by atoms with E-state index in [1.165, 1.54) is 6.33 Å². The first-order valence-electron chi connectivity index (χ1n) is 8.60. The molecule has 0 amide bonds. The highest BCUT2D eigenvalue weighted by atomic mass is 16.5. The van der Waals surface area contributed by atoms with Gasteiger partial charge in [-0.05, 0) is 17.7 Å². The number of aromatic nitrogens is 2. The maximum Gasteiger partial charge on any atom is 0.322 e. The van der Waals surface area contributed by atoms with E-state index >= 15 is 0 Å². The monoisotopic (exact) mass is 375 g/mol. The van der Waals surface area contributed by atoms with Crippen LogP contribution < -0.4 is 10.1 Å². The van der Waals surface area contributed by atoms with Crippen LogP contribution >= 0.6 is 0 Å². The van der Waals surface area contributed by atoms with E-state index in [1.54, 1.807) is 7.11 Å². The second-order valence-electron chi connectivity index (χ2n) is 6.05. The molecule has 0 atom stereocenters. The standard InChI is InChI=1S/C21H17N3O4/c1-27-15-9-7-13(8-10-15)17-18-20(22-11-16(25)26)23-12-24-21(18)28-19(17)14-5-3-2-4-6-14/h2-10,12H,11H2,1H3,(H,25,26)(H,22,23,24). The van der Waals surface area contributed by atoms with Gasteiger partial charge in [-0.1, -0.05) is 42.5 Å². The molecule has 0 bridgehead atoms. The van der Waals surface area contributed by atoms with Gasteiger partial charge in [-0.2, -0.15) is 0 Å². The lowest BCUT2D eigenvalue weighted by atomic mass is 9.99. The van der Waals surface area contributed by atoms with Crippen LogP contribution in [0, 0.1) is 0 Å². The first-order chi connectivity index (χ1) is 13.7. The second kappa shape index (κ2) is 7.40. The Hall–Kier alpha value is -3.87. The molecule has 7 nitrogen and oxygen atoms in total. The van der Waals surface area contributed by atoms with Gasteiger partial charge in [0.05, 0.1) is 12.5 Å². The Morgan fingerprint density at radius 1 is 1.07 bits per heavy atom. The number of aliphatic carboxylic acids is 1. The summed E-state index contributed by atoms with van der Waals surface area (Å²) in [6, 6.07) is 17.2. The van der Waals surface area contributed by atoms with E-state index < -0.39 is 5.97 Å².